The lowest BCUT2D eigenvalue weighted by Gasteiger charge is -2.06. The molecular weight excluding hydrogens is 264 g/mol. The van der Waals surface area contributed by atoms with Gasteiger partial charge in [-0.05, 0) is 32.4 Å². The van der Waals surface area contributed by atoms with Gasteiger partial charge in [-0.25, -0.2) is 4.79 Å². The second kappa shape index (κ2) is 7.25. The molecule has 0 fully saturated rings. The lowest BCUT2D eigenvalue weighted by atomic mass is 10.1. The largest absolute Gasteiger partial charge is 0.465 e. The Morgan fingerprint density at radius 2 is 2.00 bits per heavy atom. The standard InChI is InChI=1S/C13H20N2O3S/c1-5-6-14-7-10(16)15-12-11(13(17)18-4)8(2)9(3)19-12/h14H,5-7H2,1-4H3,(H,15,16). The Balaban J connectivity index is 2.80. The van der Waals surface area contributed by atoms with Crippen molar-refractivity contribution in [1.82, 2.24) is 5.32 Å². The van der Waals surface area contributed by atoms with Crippen molar-refractivity contribution in [2.24, 2.45) is 0 Å². The van der Waals surface area contributed by atoms with Crippen molar-refractivity contribution in [3.8, 4) is 0 Å². The lowest BCUT2D eigenvalue weighted by molar-refractivity contribution is -0.115. The molecule has 6 heteroatoms. The first-order valence-corrected chi connectivity index (χ1v) is 7.01. The summed E-state index contributed by atoms with van der Waals surface area (Å²) in [4.78, 5) is 24.5. The third-order valence-electron chi connectivity index (χ3n) is 2.74. The Kier molecular flexibility index (Phi) is 5.98. The molecule has 0 unspecified atom stereocenters. The van der Waals surface area contributed by atoms with Crippen LogP contribution in [0, 0.1) is 13.8 Å². The van der Waals surface area contributed by atoms with E-state index in [1.165, 1.54) is 18.4 Å². The summed E-state index contributed by atoms with van der Waals surface area (Å²) in [6, 6.07) is 0. The molecule has 106 valence electrons. The summed E-state index contributed by atoms with van der Waals surface area (Å²) in [7, 11) is 1.34. The van der Waals surface area contributed by atoms with Crippen molar-refractivity contribution in [2.45, 2.75) is 27.2 Å². The van der Waals surface area contributed by atoms with Crippen LogP contribution in [0.4, 0.5) is 5.00 Å². The molecule has 0 radical (unpaired) electrons. The van der Waals surface area contributed by atoms with E-state index in [4.69, 9.17) is 4.74 Å². The minimum atomic E-state index is -0.418. The van der Waals surface area contributed by atoms with E-state index in [1.54, 1.807) is 0 Å². The van der Waals surface area contributed by atoms with Gasteiger partial charge in [-0.1, -0.05) is 6.92 Å². The Bertz CT molecular complexity index is 469. The summed E-state index contributed by atoms with van der Waals surface area (Å²) < 4.78 is 4.75. The molecule has 0 spiro atoms. The molecule has 1 amide bonds. The van der Waals surface area contributed by atoms with Crippen LogP contribution in [-0.4, -0.2) is 32.1 Å². The maximum atomic E-state index is 11.8. The molecule has 1 rings (SSSR count). The third kappa shape index (κ3) is 4.04. The van der Waals surface area contributed by atoms with Gasteiger partial charge < -0.3 is 15.4 Å². The summed E-state index contributed by atoms with van der Waals surface area (Å²) in [5.74, 6) is -0.571. The number of anilines is 1. The number of carbonyl (C=O) groups excluding carboxylic acids is 2. The quantitative estimate of drug-likeness (QED) is 0.620. The van der Waals surface area contributed by atoms with Gasteiger partial charge >= 0.3 is 5.97 Å². The van der Waals surface area contributed by atoms with Crippen LogP contribution in [0.25, 0.3) is 0 Å². The van der Waals surface area contributed by atoms with Gasteiger partial charge in [0, 0.05) is 4.88 Å². The minimum Gasteiger partial charge on any atom is -0.465 e. The summed E-state index contributed by atoms with van der Waals surface area (Å²) in [6.45, 7) is 6.83. The Labute approximate surface area is 117 Å². The smallest absolute Gasteiger partial charge is 0.341 e. The number of hydrogen-bond acceptors (Lipinski definition) is 5. The Morgan fingerprint density at radius 3 is 2.58 bits per heavy atom. The third-order valence-corrected chi connectivity index (χ3v) is 3.86. The molecule has 19 heavy (non-hydrogen) atoms. The molecule has 0 saturated carbocycles. The van der Waals surface area contributed by atoms with Crippen LogP contribution in [0.5, 0.6) is 0 Å². The van der Waals surface area contributed by atoms with E-state index in [0.29, 0.717) is 10.6 Å². The summed E-state index contributed by atoms with van der Waals surface area (Å²) >= 11 is 1.39. The van der Waals surface area contributed by atoms with Gasteiger partial charge in [-0.3, -0.25) is 4.79 Å². The molecule has 1 heterocycles. The maximum Gasteiger partial charge on any atom is 0.341 e. The fraction of sp³-hybridized carbons (Fsp3) is 0.538. The number of amides is 1. The van der Waals surface area contributed by atoms with Gasteiger partial charge in [0.15, 0.2) is 0 Å². The number of esters is 1. The first-order chi connectivity index (χ1) is 9.01. The summed E-state index contributed by atoms with van der Waals surface area (Å²) in [5.41, 5.74) is 1.31. The zero-order valence-corrected chi connectivity index (χ0v) is 12.6. The predicted molar refractivity (Wildman–Crippen MR) is 76.9 cm³/mol. The summed E-state index contributed by atoms with van der Waals surface area (Å²) in [5, 5.41) is 6.34. The molecule has 5 nitrogen and oxygen atoms in total. The van der Waals surface area contributed by atoms with Crippen LogP contribution in [0.3, 0.4) is 0 Å². The molecule has 1 aromatic heterocycles. The number of nitrogens with one attached hydrogen (secondary N) is 2. The zero-order chi connectivity index (χ0) is 14.4. The number of methoxy groups -OCH3 is 1. The topological polar surface area (TPSA) is 67.4 Å². The monoisotopic (exact) mass is 284 g/mol. The first kappa shape index (κ1) is 15.7. The van der Waals surface area contributed by atoms with Crippen LogP contribution in [0.2, 0.25) is 0 Å². The molecule has 2 N–H and O–H groups in total. The molecule has 0 aromatic carbocycles. The molecule has 0 atom stereocenters. The van der Waals surface area contributed by atoms with Crippen LogP contribution in [-0.2, 0) is 9.53 Å². The van der Waals surface area contributed by atoms with Crippen molar-refractivity contribution < 1.29 is 14.3 Å². The fourth-order valence-corrected chi connectivity index (χ4v) is 2.68. The number of carbonyl (C=O) groups is 2. The van der Waals surface area contributed by atoms with Crippen molar-refractivity contribution >= 4 is 28.2 Å². The van der Waals surface area contributed by atoms with E-state index in [2.05, 4.69) is 10.6 Å². The zero-order valence-electron chi connectivity index (χ0n) is 11.8. The van der Waals surface area contributed by atoms with Crippen molar-refractivity contribution in [2.75, 3.05) is 25.5 Å². The molecule has 0 aliphatic heterocycles. The second-order valence-electron chi connectivity index (χ2n) is 4.20. The van der Waals surface area contributed by atoms with Crippen molar-refractivity contribution in [3.63, 3.8) is 0 Å². The molecule has 0 aliphatic rings. The van der Waals surface area contributed by atoms with E-state index in [9.17, 15) is 9.59 Å². The van der Waals surface area contributed by atoms with Crippen molar-refractivity contribution in [3.05, 3.63) is 16.0 Å². The number of aryl methyl sites for hydroxylation is 1. The highest BCUT2D eigenvalue weighted by Gasteiger charge is 2.21. The number of thiophene rings is 1. The van der Waals surface area contributed by atoms with Crippen molar-refractivity contribution in [1.29, 1.82) is 0 Å². The highest BCUT2D eigenvalue weighted by molar-refractivity contribution is 7.16. The van der Waals surface area contributed by atoms with E-state index in [1.807, 2.05) is 20.8 Å². The molecule has 0 bridgehead atoms. The van der Waals surface area contributed by atoms with Gasteiger partial charge in [-0.15, -0.1) is 11.3 Å². The van der Waals surface area contributed by atoms with E-state index in [0.717, 1.165) is 23.4 Å². The normalized spacial score (nSPS) is 10.3. The average Bonchev–Trinajstić information content (AvgIpc) is 2.64. The maximum absolute atomic E-state index is 11.8. The highest BCUT2D eigenvalue weighted by atomic mass is 32.1. The van der Waals surface area contributed by atoms with Gasteiger partial charge in [0.1, 0.15) is 5.00 Å². The molecule has 0 saturated heterocycles. The predicted octanol–water partition coefficient (Wildman–Crippen LogP) is 2.09. The van der Waals surface area contributed by atoms with Crippen LogP contribution < -0.4 is 10.6 Å². The number of hydrogen-bond donors (Lipinski definition) is 2. The fourth-order valence-electron chi connectivity index (χ4n) is 1.61. The average molecular weight is 284 g/mol. The Hall–Kier alpha value is -1.40. The number of ether oxygens (including phenoxy) is 1. The van der Waals surface area contributed by atoms with Crippen LogP contribution in [0.15, 0.2) is 0 Å². The van der Waals surface area contributed by atoms with Gasteiger partial charge in [-0.2, -0.15) is 0 Å². The second-order valence-corrected chi connectivity index (χ2v) is 5.43. The van der Waals surface area contributed by atoms with Gasteiger partial charge in [0.2, 0.25) is 5.91 Å². The minimum absolute atomic E-state index is 0.153. The van der Waals surface area contributed by atoms with Gasteiger partial charge in [0.05, 0.1) is 19.2 Å². The Morgan fingerprint density at radius 1 is 1.32 bits per heavy atom. The van der Waals surface area contributed by atoms with Crippen LogP contribution >= 0.6 is 11.3 Å². The first-order valence-electron chi connectivity index (χ1n) is 6.20. The van der Waals surface area contributed by atoms with Crippen LogP contribution in [0.1, 0.15) is 34.1 Å². The molecule has 1 aromatic rings. The highest BCUT2D eigenvalue weighted by Crippen LogP contribution is 2.32. The van der Waals surface area contributed by atoms with Gasteiger partial charge in [0.25, 0.3) is 0 Å². The van der Waals surface area contributed by atoms with E-state index in [-0.39, 0.29) is 12.5 Å². The van der Waals surface area contributed by atoms with E-state index >= 15 is 0 Å². The SMILES string of the molecule is CCCNCC(=O)Nc1sc(C)c(C)c1C(=O)OC. The lowest BCUT2D eigenvalue weighted by Crippen LogP contribution is -2.28. The molecular formula is C13H20N2O3S. The van der Waals surface area contributed by atoms with E-state index < -0.39 is 5.97 Å². The molecule has 0 aliphatic carbocycles. The number of rotatable bonds is 6. The summed E-state index contributed by atoms with van der Waals surface area (Å²) in [6.07, 6.45) is 0.970.